The number of benzene rings is 1. The number of nitrogens with zero attached hydrogens (tertiary/aromatic N) is 1. The van der Waals surface area contributed by atoms with E-state index in [1.807, 2.05) is 6.07 Å². The van der Waals surface area contributed by atoms with Gasteiger partial charge in [-0.3, -0.25) is 0 Å². The van der Waals surface area contributed by atoms with Crippen molar-refractivity contribution >= 4 is 19.7 Å². The normalized spacial score (nSPS) is 12.0. The standard InChI is InChI=1S/C13H17NO5S2/c1-19-6-3-7-20(15,16)8-9-21(17,18)13-5-2-4-12(10-13)11-14/h2,4-5,10H,3,6-9H2,1H3. The summed E-state index contributed by atoms with van der Waals surface area (Å²) in [5, 5.41) is 8.75. The molecule has 0 radical (unpaired) electrons. The van der Waals surface area contributed by atoms with E-state index in [0.29, 0.717) is 13.0 Å². The van der Waals surface area contributed by atoms with Gasteiger partial charge in [-0.15, -0.1) is 0 Å². The zero-order chi connectivity index (χ0) is 15.9. The van der Waals surface area contributed by atoms with Crippen LogP contribution in [-0.2, 0) is 24.4 Å². The quantitative estimate of drug-likeness (QED) is 0.653. The summed E-state index contributed by atoms with van der Waals surface area (Å²) in [6.45, 7) is 0.316. The van der Waals surface area contributed by atoms with E-state index < -0.39 is 31.2 Å². The second-order valence-electron chi connectivity index (χ2n) is 4.46. The van der Waals surface area contributed by atoms with Crippen LogP contribution in [0.1, 0.15) is 12.0 Å². The smallest absolute Gasteiger partial charge is 0.179 e. The molecule has 116 valence electrons. The SMILES string of the molecule is COCCCS(=O)(=O)CCS(=O)(=O)c1cccc(C#N)c1. The third-order valence-corrected chi connectivity index (χ3v) is 6.50. The molecule has 1 aromatic carbocycles. The molecule has 0 aromatic heterocycles. The number of hydrogen-bond donors (Lipinski definition) is 0. The van der Waals surface area contributed by atoms with Crippen molar-refractivity contribution < 1.29 is 21.6 Å². The van der Waals surface area contributed by atoms with Crippen LogP contribution in [0.4, 0.5) is 0 Å². The molecular formula is C13H17NO5S2. The van der Waals surface area contributed by atoms with Crippen molar-refractivity contribution in [1.82, 2.24) is 0 Å². The molecule has 0 heterocycles. The van der Waals surface area contributed by atoms with Gasteiger partial charge in [0.15, 0.2) is 19.7 Å². The van der Waals surface area contributed by atoms with Crippen LogP contribution < -0.4 is 0 Å². The van der Waals surface area contributed by atoms with Crippen molar-refractivity contribution in [2.24, 2.45) is 0 Å². The minimum atomic E-state index is -3.72. The molecule has 0 saturated carbocycles. The molecule has 0 bridgehead atoms. The minimum absolute atomic E-state index is 0.0337. The number of methoxy groups -OCH3 is 1. The molecule has 0 fully saturated rings. The van der Waals surface area contributed by atoms with E-state index in [1.54, 1.807) is 0 Å². The topological polar surface area (TPSA) is 101 Å². The number of ether oxygens (including phenoxy) is 1. The van der Waals surface area contributed by atoms with Crippen molar-refractivity contribution in [3.63, 3.8) is 0 Å². The number of nitriles is 1. The van der Waals surface area contributed by atoms with Crippen LogP contribution in [0, 0.1) is 11.3 Å². The van der Waals surface area contributed by atoms with Crippen molar-refractivity contribution in [2.75, 3.05) is 31.0 Å². The minimum Gasteiger partial charge on any atom is -0.385 e. The van der Waals surface area contributed by atoms with Gasteiger partial charge >= 0.3 is 0 Å². The van der Waals surface area contributed by atoms with Crippen LogP contribution in [-0.4, -0.2) is 47.8 Å². The molecule has 0 atom stereocenters. The first-order valence-corrected chi connectivity index (χ1v) is 9.70. The number of hydrogen-bond acceptors (Lipinski definition) is 6. The molecule has 21 heavy (non-hydrogen) atoms. The zero-order valence-corrected chi connectivity index (χ0v) is 13.3. The van der Waals surface area contributed by atoms with E-state index in [2.05, 4.69) is 0 Å². The Hall–Kier alpha value is -1.43. The average molecular weight is 331 g/mol. The van der Waals surface area contributed by atoms with Crippen LogP contribution in [0.25, 0.3) is 0 Å². The lowest BCUT2D eigenvalue weighted by Crippen LogP contribution is -2.20. The van der Waals surface area contributed by atoms with Crippen LogP contribution >= 0.6 is 0 Å². The fourth-order valence-electron chi connectivity index (χ4n) is 1.64. The van der Waals surface area contributed by atoms with E-state index >= 15 is 0 Å². The summed E-state index contributed by atoms with van der Waals surface area (Å²) in [5.41, 5.74) is 0.221. The molecule has 0 aliphatic rings. The van der Waals surface area contributed by atoms with Crippen LogP contribution in [0.5, 0.6) is 0 Å². The summed E-state index contributed by atoms with van der Waals surface area (Å²) in [4.78, 5) is -0.0337. The van der Waals surface area contributed by atoms with E-state index in [4.69, 9.17) is 10.00 Å². The van der Waals surface area contributed by atoms with Gasteiger partial charge in [0.05, 0.1) is 33.8 Å². The van der Waals surface area contributed by atoms with Crippen molar-refractivity contribution in [3.8, 4) is 6.07 Å². The molecule has 1 aromatic rings. The van der Waals surface area contributed by atoms with E-state index in [0.717, 1.165) is 0 Å². The Morgan fingerprint density at radius 3 is 2.48 bits per heavy atom. The molecule has 0 amide bonds. The maximum atomic E-state index is 12.1. The Kier molecular flexibility index (Phi) is 6.33. The first-order chi connectivity index (χ1) is 9.80. The van der Waals surface area contributed by atoms with Gasteiger partial charge < -0.3 is 4.74 Å². The predicted octanol–water partition coefficient (Wildman–Crippen LogP) is 0.783. The van der Waals surface area contributed by atoms with Crippen molar-refractivity contribution in [1.29, 1.82) is 5.26 Å². The Labute approximate surface area is 125 Å². The van der Waals surface area contributed by atoms with Gasteiger partial charge in [0.1, 0.15) is 0 Å². The Balaban J connectivity index is 2.75. The maximum absolute atomic E-state index is 12.1. The molecule has 0 saturated heterocycles. The third-order valence-electron chi connectivity index (χ3n) is 2.79. The summed E-state index contributed by atoms with van der Waals surface area (Å²) >= 11 is 0. The summed E-state index contributed by atoms with van der Waals surface area (Å²) in [7, 11) is -5.68. The highest BCUT2D eigenvalue weighted by atomic mass is 32.2. The summed E-state index contributed by atoms with van der Waals surface area (Å²) < 4.78 is 52.4. The average Bonchev–Trinajstić information content (AvgIpc) is 2.46. The fourth-order valence-corrected chi connectivity index (χ4v) is 5.12. The molecular weight excluding hydrogens is 314 g/mol. The summed E-state index contributed by atoms with van der Waals surface area (Å²) in [6.07, 6.45) is 0.336. The lowest BCUT2D eigenvalue weighted by Gasteiger charge is -2.06. The van der Waals surface area contributed by atoms with Crippen LogP contribution in [0.3, 0.4) is 0 Å². The molecule has 0 aliphatic carbocycles. The van der Waals surface area contributed by atoms with Crippen molar-refractivity contribution in [2.45, 2.75) is 11.3 Å². The lowest BCUT2D eigenvalue weighted by atomic mass is 10.2. The highest BCUT2D eigenvalue weighted by molar-refractivity contribution is 7.95. The molecule has 0 aliphatic heterocycles. The molecule has 0 N–H and O–H groups in total. The zero-order valence-electron chi connectivity index (χ0n) is 11.6. The van der Waals surface area contributed by atoms with Gasteiger partial charge in [-0.2, -0.15) is 5.26 Å². The second kappa shape index (κ2) is 7.54. The second-order valence-corrected chi connectivity index (χ2v) is 8.87. The Morgan fingerprint density at radius 2 is 1.86 bits per heavy atom. The highest BCUT2D eigenvalue weighted by Crippen LogP contribution is 2.13. The first kappa shape index (κ1) is 17.6. The van der Waals surface area contributed by atoms with Crippen LogP contribution in [0.2, 0.25) is 0 Å². The van der Waals surface area contributed by atoms with Gasteiger partial charge in [-0.1, -0.05) is 6.07 Å². The summed E-state index contributed by atoms with van der Waals surface area (Å²) in [6, 6.07) is 7.39. The molecule has 1 rings (SSSR count). The predicted molar refractivity (Wildman–Crippen MR) is 78.4 cm³/mol. The van der Waals surface area contributed by atoms with Gasteiger partial charge in [0.25, 0.3) is 0 Å². The Bertz CT molecular complexity index is 717. The Morgan fingerprint density at radius 1 is 1.14 bits per heavy atom. The monoisotopic (exact) mass is 331 g/mol. The fraction of sp³-hybridized carbons (Fsp3) is 0.462. The summed E-state index contributed by atoms with van der Waals surface area (Å²) in [5.74, 6) is -1.03. The molecule has 8 heteroatoms. The largest absolute Gasteiger partial charge is 0.385 e. The third kappa shape index (κ3) is 5.83. The van der Waals surface area contributed by atoms with Crippen LogP contribution in [0.15, 0.2) is 29.2 Å². The lowest BCUT2D eigenvalue weighted by molar-refractivity contribution is 0.199. The van der Waals surface area contributed by atoms with Crippen molar-refractivity contribution in [3.05, 3.63) is 29.8 Å². The van der Waals surface area contributed by atoms with Gasteiger partial charge in [0.2, 0.25) is 0 Å². The number of rotatable bonds is 8. The molecule has 0 spiro atoms. The van der Waals surface area contributed by atoms with Gasteiger partial charge in [0, 0.05) is 13.7 Å². The van der Waals surface area contributed by atoms with E-state index in [1.165, 1.54) is 31.4 Å². The molecule has 0 unspecified atom stereocenters. The van der Waals surface area contributed by atoms with E-state index in [-0.39, 0.29) is 16.2 Å². The first-order valence-electron chi connectivity index (χ1n) is 6.23. The molecule has 6 nitrogen and oxygen atoms in total. The van der Waals surface area contributed by atoms with E-state index in [9.17, 15) is 16.8 Å². The van der Waals surface area contributed by atoms with Gasteiger partial charge in [-0.05, 0) is 24.6 Å². The van der Waals surface area contributed by atoms with Gasteiger partial charge in [-0.25, -0.2) is 16.8 Å². The number of sulfone groups is 2. The highest BCUT2D eigenvalue weighted by Gasteiger charge is 2.20. The maximum Gasteiger partial charge on any atom is 0.179 e.